The van der Waals surface area contributed by atoms with Crippen molar-refractivity contribution in [2.24, 2.45) is 0 Å². The van der Waals surface area contributed by atoms with E-state index in [0.29, 0.717) is 40.3 Å². The summed E-state index contributed by atoms with van der Waals surface area (Å²) in [7, 11) is 0. The maximum atomic E-state index is 14.1. The minimum atomic E-state index is -4.89. The predicted molar refractivity (Wildman–Crippen MR) is 112 cm³/mol. The first-order valence-corrected chi connectivity index (χ1v) is 10.2. The zero-order valence-electron chi connectivity index (χ0n) is 17.0. The minimum Gasteiger partial charge on any atom is -0.493 e. The molecule has 0 spiro atoms. The van der Waals surface area contributed by atoms with Crippen molar-refractivity contribution in [2.75, 3.05) is 6.61 Å². The van der Waals surface area contributed by atoms with Crippen LogP contribution in [0.4, 0.5) is 13.2 Å². The van der Waals surface area contributed by atoms with Gasteiger partial charge in [-0.25, -0.2) is 0 Å². The molecule has 5 nitrogen and oxygen atoms in total. The molecule has 3 heterocycles. The molecule has 0 saturated heterocycles. The van der Waals surface area contributed by atoms with Crippen LogP contribution >= 0.6 is 11.6 Å². The van der Waals surface area contributed by atoms with Crippen LogP contribution in [0.1, 0.15) is 37.1 Å². The zero-order valence-corrected chi connectivity index (χ0v) is 17.7. The first-order chi connectivity index (χ1) is 14.4. The van der Waals surface area contributed by atoms with Gasteiger partial charge in [0, 0.05) is 46.8 Å². The largest absolute Gasteiger partial charge is 0.493 e. The lowest BCUT2D eigenvalue weighted by molar-refractivity contribution is -0.266. The van der Waals surface area contributed by atoms with Gasteiger partial charge >= 0.3 is 6.18 Å². The molecule has 31 heavy (non-hydrogen) atoms. The Balaban J connectivity index is 1.71. The van der Waals surface area contributed by atoms with Crippen LogP contribution in [0.2, 0.25) is 5.02 Å². The summed E-state index contributed by atoms with van der Waals surface area (Å²) in [4.78, 5) is 16.8. The Labute approximate surface area is 181 Å². The van der Waals surface area contributed by atoms with Gasteiger partial charge in [-0.2, -0.15) is 13.2 Å². The van der Waals surface area contributed by atoms with E-state index >= 15 is 0 Å². The minimum absolute atomic E-state index is 0.178. The van der Waals surface area contributed by atoms with Gasteiger partial charge in [-0.1, -0.05) is 25.4 Å². The van der Waals surface area contributed by atoms with E-state index in [0.717, 1.165) is 5.56 Å². The van der Waals surface area contributed by atoms with Crippen molar-refractivity contribution in [3.8, 4) is 5.75 Å². The third-order valence-corrected chi connectivity index (χ3v) is 6.02. The molecule has 1 unspecified atom stereocenters. The maximum Gasteiger partial charge on any atom is 0.417 e. The van der Waals surface area contributed by atoms with Crippen molar-refractivity contribution >= 4 is 22.5 Å². The van der Waals surface area contributed by atoms with E-state index in [1.807, 2.05) is 0 Å². The van der Waals surface area contributed by atoms with Crippen molar-refractivity contribution in [1.29, 1.82) is 0 Å². The Morgan fingerprint density at radius 2 is 1.94 bits per heavy atom. The number of aromatic nitrogens is 2. The van der Waals surface area contributed by atoms with Gasteiger partial charge in [0.05, 0.1) is 12.1 Å². The molecule has 1 atom stereocenters. The molecule has 4 rings (SSSR count). The number of halogens is 4. The fourth-order valence-corrected chi connectivity index (χ4v) is 4.62. The molecule has 9 heteroatoms. The summed E-state index contributed by atoms with van der Waals surface area (Å²) in [6.45, 7) is 3.72. The second-order valence-corrected chi connectivity index (χ2v) is 9.20. The number of H-pyrrole nitrogens is 2. The lowest BCUT2D eigenvalue weighted by atomic mass is 9.73. The number of hydrogen-bond donors (Lipinski definition) is 3. The third kappa shape index (κ3) is 4.06. The Morgan fingerprint density at radius 3 is 2.65 bits per heavy atom. The average molecular weight is 455 g/mol. The number of aliphatic hydroxyl groups is 1. The second kappa shape index (κ2) is 7.31. The summed E-state index contributed by atoms with van der Waals surface area (Å²) >= 11 is 6.21. The van der Waals surface area contributed by atoms with Crippen molar-refractivity contribution in [3.05, 3.63) is 62.7 Å². The van der Waals surface area contributed by atoms with Gasteiger partial charge in [0.1, 0.15) is 5.75 Å². The van der Waals surface area contributed by atoms with E-state index in [1.54, 1.807) is 26.0 Å². The highest BCUT2D eigenvalue weighted by atomic mass is 35.5. The van der Waals surface area contributed by atoms with Crippen LogP contribution in [0.25, 0.3) is 10.9 Å². The van der Waals surface area contributed by atoms with Crippen molar-refractivity contribution in [3.63, 3.8) is 0 Å². The van der Waals surface area contributed by atoms with E-state index < -0.39 is 30.0 Å². The molecule has 1 aliphatic rings. The van der Waals surface area contributed by atoms with E-state index in [-0.39, 0.29) is 11.3 Å². The molecular weight excluding hydrogens is 433 g/mol. The molecule has 0 bridgehead atoms. The summed E-state index contributed by atoms with van der Waals surface area (Å²) in [6.07, 6.45) is -4.13. The van der Waals surface area contributed by atoms with Gasteiger partial charge in [-0.3, -0.25) is 4.79 Å². The first kappa shape index (κ1) is 21.8. The lowest BCUT2D eigenvalue weighted by Crippen LogP contribution is -2.51. The average Bonchev–Trinajstić information content (AvgIpc) is 3.24. The molecule has 0 saturated carbocycles. The normalized spacial score (nSPS) is 16.2. The van der Waals surface area contributed by atoms with Gasteiger partial charge < -0.3 is 19.8 Å². The molecule has 0 radical (unpaired) electrons. The number of benzene rings is 1. The van der Waals surface area contributed by atoms with Crippen LogP contribution < -0.4 is 10.3 Å². The molecule has 166 valence electrons. The quantitative estimate of drug-likeness (QED) is 0.525. The number of hydrogen-bond acceptors (Lipinski definition) is 3. The zero-order chi connectivity index (χ0) is 22.6. The molecule has 1 aromatic carbocycles. The van der Waals surface area contributed by atoms with E-state index in [4.69, 9.17) is 16.3 Å². The Morgan fingerprint density at radius 1 is 1.19 bits per heavy atom. The molecular formula is C22H22ClF3N2O3. The molecule has 1 aliphatic heterocycles. The van der Waals surface area contributed by atoms with E-state index in [2.05, 4.69) is 9.97 Å². The molecule has 2 aromatic heterocycles. The lowest BCUT2D eigenvalue weighted by Gasteiger charge is -2.38. The number of fused-ring (bicyclic) bond motifs is 2. The Bertz CT molecular complexity index is 1200. The first-order valence-electron chi connectivity index (χ1n) is 9.83. The second-order valence-electron chi connectivity index (χ2n) is 8.77. The molecule has 3 N–H and O–H groups in total. The summed E-state index contributed by atoms with van der Waals surface area (Å²) in [5.74, 6) is 0.544. The van der Waals surface area contributed by atoms with Crippen LogP contribution in [0.5, 0.6) is 5.75 Å². The summed E-state index contributed by atoms with van der Waals surface area (Å²) < 4.78 is 48.1. The van der Waals surface area contributed by atoms with E-state index in [1.165, 1.54) is 18.3 Å². The smallest absolute Gasteiger partial charge is 0.417 e. The summed E-state index contributed by atoms with van der Waals surface area (Å²) in [5.41, 5.74) is -2.51. The Hall–Kier alpha value is -2.45. The SMILES string of the molecule is CC(C)(CC(O)(Cc1cc2c[nH]c(=O)cc2[nH]1)C(F)(F)F)c1cc(Cl)cc2c1OCC2. The van der Waals surface area contributed by atoms with Gasteiger partial charge in [0.2, 0.25) is 5.56 Å². The van der Waals surface area contributed by atoms with Gasteiger partial charge in [0.15, 0.2) is 5.60 Å². The van der Waals surface area contributed by atoms with Crippen LogP contribution in [-0.4, -0.2) is 33.5 Å². The molecule has 3 aromatic rings. The van der Waals surface area contributed by atoms with Crippen molar-refractivity contribution in [2.45, 2.75) is 50.3 Å². The van der Waals surface area contributed by atoms with Gasteiger partial charge in [-0.15, -0.1) is 0 Å². The number of nitrogens with one attached hydrogen (secondary N) is 2. The monoisotopic (exact) mass is 454 g/mol. The number of alkyl halides is 3. The topological polar surface area (TPSA) is 78.1 Å². The van der Waals surface area contributed by atoms with Crippen LogP contribution in [0.3, 0.4) is 0 Å². The number of aromatic amines is 2. The van der Waals surface area contributed by atoms with Crippen molar-refractivity contribution in [1.82, 2.24) is 9.97 Å². The van der Waals surface area contributed by atoms with Crippen LogP contribution in [0.15, 0.2) is 35.3 Å². The number of pyridine rings is 1. The highest BCUT2D eigenvalue weighted by Crippen LogP contribution is 2.47. The molecule has 0 amide bonds. The van der Waals surface area contributed by atoms with Crippen molar-refractivity contribution < 1.29 is 23.0 Å². The van der Waals surface area contributed by atoms with Gasteiger partial charge in [0.25, 0.3) is 0 Å². The molecule has 0 aliphatic carbocycles. The number of rotatable bonds is 5. The van der Waals surface area contributed by atoms with Crippen LogP contribution in [0, 0.1) is 0 Å². The third-order valence-electron chi connectivity index (χ3n) is 5.80. The van der Waals surface area contributed by atoms with Crippen LogP contribution in [-0.2, 0) is 18.3 Å². The Kier molecular flexibility index (Phi) is 5.13. The highest BCUT2D eigenvalue weighted by Gasteiger charge is 2.56. The number of ether oxygens (including phenoxy) is 1. The maximum absolute atomic E-state index is 14.1. The fourth-order valence-electron chi connectivity index (χ4n) is 4.38. The fraction of sp³-hybridized carbons (Fsp3) is 0.409. The summed E-state index contributed by atoms with van der Waals surface area (Å²) in [6, 6.07) is 6.12. The standard InChI is InChI=1S/C22H22ClF3N2O3/c1-20(2,16-7-14(23)5-12-3-4-31-19(12)16)11-21(30,22(24,25)26)9-15-6-13-10-27-18(29)8-17(13)28-15/h5-8,10,28,30H,3-4,9,11H2,1-2H3,(H,27,29). The molecule has 0 fully saturated rings. The van der Waals surface area contributed by atoms with E-state index in [9.17, 15) is 23.1 Å². The van der Waals surface area contributed by atoms with Gasteiger partial charge in [-0.05, 0) is 35.6 Å². The predicted octanol–water partition coefficient (Wildman–Crippen LogP) is 4.65. The summed E-state index contributed by atoms with van der Waals surface area (Å²) in [5, 5.41) is 11.9. The highest BCUT2D eigenvalue weighted by molar-refractivity contribution is 6.30.